The number of piperazine rings is 1. The maximum absolute atomic E-state index is 13.0. The zero-order chi connectivity index (χ0) is 15.7. The molecule has 4 nitrogen and oxygen atoms in total. The van der Waals surface area contributed by atoms with Crippen LogP contribution < -0.4 is 0 Å². The number of carbonyl (C=O) groups is 1. The molecule has 0 spiro atoms. The summed E-state index contributed by atoms with van der Waals surface area (Å²) in [5, 5.41) is 0. The van der Waals surface area contributed by atoms with Crippen molar-refractivity contribution in [2.75, 3.05) is 26.7 Å². The number of benzene rings is 1. The van der Waals surface area contributed by atoms with Crippen LogP contribution in [0.15, 0.2) is 23.7 Å². The molecule has 2 aromatic rings. The lowest BCUT2D eigenvalue weighted by Crippen LogP contribution is -2.54. The highest BCUT2D eigenvalue weighted by Gasteiger charge is 2.30. The Hall–Kier alpha value is -1.46. The molecule has 2 heterocycles. The van der Waals surface area contributed by atoms with Gasteiger partial charge in [-0.25, -0.2) is 4.98 Å². The molecule has 1 amide bonds. The van der Waals surface area contributed by atoms with Crippen molar-refractivity contribution in [2.24, 2.45) is 5.92 Å². The molecule has 1 saturated heterocycles. The van der Waals surface area contributed by atoms with Crippen LogP contribution in [0.25, 0.3) is 10.2 Å². The summed E-state index contributed by atoms with van der Waals surface area (Å²) in [7, 11) is 2.14. The predicted molar refractivity (Wildman–Crippen MR) is 91.4 cm³/mol. The first kappa shape index (κ1) is 15.4. The second kappa shape index (κ2) is 6.34. The van der Waals surface area contributed by atoms with E-state index >= 15 is 0 Å². The van der Waals surface area contributed by atoms with Crippen LogP contribution in [0.2, 0.25) is 0 Å². The molecule has 1 unspecified atom stereocenters. The summed E-state index contributed by atoms with van der Waals surface area (Å²) in [6.07, 6.45) is 1.05. The lowest BCUT2D eigenvalue weighted by molar-refractivity contribution is 0.0460. The smallest absolute Gasteiger partial charge is 0.254 e. The molecule has 0 aliphatic carbocycles. The van der Waals surface area contributed by atoms with E-state index < -0.39 is 0 Å². The standard InChI is InChI=1S/C17H23N3OS/c1-12(2)8-14-10-19(3)6-7-20(14)17(21)13-4-5-15-16(9-13)22-11-18-15/h4-5,9,11-12,14H,6-8,10H2,1-3H3. The molecule has 1 fully saturated rings. The summed E-state index contributed by atoms with van der Waals surface area (Å²) < 4.78 is 1.08. The van der Waals surface area contributed by atoms with E-state index in [0.717, 1.165) is 41.8 Å². The average Bonchev–Trinajstić information content (AvgIpc) is 2.93. The molecule has 0 N–H and O–H groups in total. The Morgan fingerprint density at radius 3 is 3.00 bits per heavy atom. The van der Waals surface area contributed by atoms with Gasteiger partial charge in [-0.2, -0.15) is 0 Å². The largest absolute Gasteiger partial charge is 0.333 e. The predicted octanol–water partition coefficient (Wildman–Crippen LogP) is 3.10. The fourth-order valence-electron chi connectivity index (χ4n) is 3.18. The van der Waals surface area contributed by atoms with E-state index in [2.05, 4.69) is 35.7 Å². The molecule has 3 rings (SSSR count). The number of hydrogen-bond acceptors (Lipinski definition) is 4. The molecule has 1 aromatic heterocycles. The lowest BCUT2D eigenvalue weighted by atomic mass is 9.99. The second-order valence-electron chi connectivity index (χ2n) is 6.58. The second-order valence-corrected chi connectivity index (χ2v) is 7.47. The summed E-state index contributed by atoms with van der Waals surface area (Å²) >= 11 is 1.59. The highest BCUT2D eigenvalue weighted by atomic mass is 32.1. The quantitative estimate of drug-likeness (QED) is 0.873. The summed E-state index contributed by atoms with van der Waals surface area (Å²) in [5.74, 6) is 0.754. The van der Waals surface area contributed by atoms with Crippen LogP contribution in [-0.4, -0.2) is 53.4 Å². The van der Waals surface area contributed by atoms with E-state index in [1.165, 1.54) is 0 Å². The highest BCUT2D eigenvalue weighted by molar-refractivity contribution is 7.16. The van der Waals surface area contributed by atoms with Crippen molar-refractivity contribution < 1.29 is 4.79 Å². The van der Waals surface area contributed by atoms with Gasteiger partial charge in [-0.3, -0.25) is 4.79 Å². The van der Waals surface area contributed by atoms with E-state index in [1.807, 2.05) is 23.7 Å². The summed E-state index contributed by atoms with van der Waals surface area (Å²) in [4.78, 5) is 21.6. The fraction of sp³-hybridized carbons (Fsp3) is 0.529. The Labute approximate surface area is 135 Å². The minimum Gasteiger partial charge on any atom is -0.333 e. The van der Waals surface area contributed by atoms with Crippen LogP contribution in [0, 0.1) is 5.92 Å². The number of thiazole rings is 1. The zero-order valence-electron chi connectivity index (χ0n) is 13.5. The first-order valence-electron chi connectivity index (χ1n) is 7.87. The fourth-order valence-corrected chi connectivity index (χ4v) is 3.89. The van der Waals surface area contributed by atoms with Gasteiger partial charge in [-0.15, -0.1) is 11.3 Å². The number of likely N-dealkylation sites (N-methyl/N-ethyl adjacent to an activating group) is 1. The normalized spacial score (nSPS) is 20.0. The maximum Gasteiger partial charge on any atom is 0.254 e. The number of nitrogens with zero attached hydrogens (tertiary/aromatic N) is 3. The van der Waals surface area contributed by atoms with Crippen LogP contribution in [0.4, 0.5) is 0 Å². The van der Waals surface area contributed by atoms with Crippen molar-refractivity contribution in [3.8, 4) is 0 Å². The number of carbonyl (C=O) groups excluding carboxylic acids is 1. The SMILES string of the molecule is CC(C)CC1CN(C)CCN1C(=O)c1ccc2ncsc2c1. The molecule has 0 bridgehead atoms. The van der Waals surface area contributed by atoms with Gasteiger partial charge >= 0.3 is 0 Å². The summed E-state index contributed by atoms with van der Waals surface area (Å²) in [6, 6.07) is 6.16. The Morgan fingerprint density at radius 2 is 2.23 bits per heavy atom. The Balaban J connectivity index is 1.84. The van der Waals surface area contributed by atoms with E-state index in [0.29, 0.717) is 12.0 Å². The Kier molecular flexibility index (Phi) is 4.45. The van der Waals surface area contributed by atoms with E-state index in [-0.39, 0.29) is 5.91 Å². The molecule has 5 heteroatoms. The average molecular weight is 317 g/mol. The molecular weight excluding hydrogens is 294 g/mol. The third kappa shape index (κ3) is 3.15. The van der Waals surface area contributed by atoms with Gasteiger partial charge in [0.25, 0.3) is 5.91 Å². The van der Waals surface area contributed by atoms with Crippen LogP contribution in [-0.2, 0) is 0 Å². The minimum absolute atomic E-state index is 0.161. The van der Waals surface area contributed by atoms with Crippen molar-refractivity contribution in [3.63, 3.8) is 0 Å². The summed E-state index contributed by atoms with van der Waals surface area (Å²) in [5.41, 5.74) is 3.59. The van der Waals surface area contributed by atoms with E-state index in [4.69, 9.17) is 0 Å². The van der Waals surface area contributed by atoms with Gasteiger partial charge in [0.15, 0.2) is 0 Å². The molecule has 1 atom stereocenters. The number of amides is 1. The van der Waals surface area contributed by atoms with Crippen LogP contribution in [0.3, 0.4) is 0 Å². The Morgan fingerprint density at radius 1 is 1.41 bits per heavy atom. The van der Waals surface area contributed by atoms with Crippen molar-refractivity contribution in [3.05, 3.63) is 29.3 Å². The van der Waals surface area contributed by atoms with Gasteiger partial charge < -0.3 is 9.80 Å². The number of aromatic nitrogens is 1. The van der Waals surface area contributed by atoms with Gasteiger partial charge in [0.2, 0.25) is 0 Å². The number of rotatable bonds is 3. The molecule has 1 aliphatic rings. The molecule has 0 radical (unpaired) electrons. The lowest BCUT2D eigenvalue weighted by Gasteiger charge is -2.41. The third-order valence-electron chi connectivity index (χ3n) is 4.27. The van der Waals surface area contributed by atoms with E-state index in [9.17, 15) is 4.79 Å². The molecular formula is C17H23N3OS. The van der Waals surface area contributed by atoms with Crippen LogP contribution in [0.5, 0.6) is 0 Å². The third-order valence-corrected chi connectivity index (χ3v) is 5.06. The summed E-state index contributed by atoms with van der Waals surface area (Å²) in [6.45, 7) is 7.17. The first-order valence-corrected chi connectivity index (χ1v) is 8.75. The van der Waals surface area contributed by atoms with Gasteiger partial charge in [0, 0.05) is 31.2 Å². The maximum atomic E-state index is 13.0. The molecule has 118 valence electrons. The van der Waals surface area contributed by atoms with Crippen molar-refractivity contribution in [1.82, 2.24) is 14.8 Å². The topological polar surface area (TPSA) is 36.4 Å². The van der Waals surface area contributed by atoms with Crippen LogP contribution in [0.1, 0.15) is 30.6 Å². The van der Waals surface area contributed by atoms with Gasteiger partial charge in [0.05, 0.1) is 15.7 Å². The van der Waals surface area contributed by atoms with Crippen molar-refractivity contribution in [1.29, 1.82) is 0 Å². The van der Waals surface area contributed by atoms with Crippen LogP contribution >= 0.6 is 11.3 Å². The highest BCUT2D eigenvalue weighted by Crippen LogP contribution is 2.23. The number of fused-ring (bicyclic) bond motifs is 1. The van der Waals surface area contributed by atoms with Gasteiger partial charge in [-0.1, -0.05) is 13.8 Å². The zero-order valence-corrected chi connectivity index (χ0v) is 14.3. The van der Waals surface area contributed by atoms with Gasteiger partial charge in [-0.05, 0) is 37.6 Å². The van der Waals surface area contributed by atoms with Crippen molar-refractivity contribution >= 4 is 27.5 Å². The van der Waals surface area contributed by atoms with Gasteiger partial charge in [0.1, 0.15) is 0 Å². The number of hydrogen-bond donors (Lipinski definition) is 0. The monoisotopic (exact) mass is 317 g/mol. The Bertz CT molecular complexity index is 665. The molecule has 1 aromatic carbocycles. The molecule has 0 saturated carbocycles. The molecule has 22 heavy (non-hydrogen) atoms. The minimum atomic E-state index is 0.161. The first-order chi connectivity index (χ1) is 10.5. The van der Waals surface area contributed by atoms with E-state index in [1.54, 1.807) is 11.3 Å². The molecule has 1 aliphatic heterocycles. The van der Waals surface area contributed by atoms with Crippen molar-refractivity contribution in [2.45, 2.75) is 26.3 Å².